The number of nitrogens with zero attached hydrogens (tertiary/aromatic N) is 5. The summed E-state index contributed by atoms with van der Waals surface area (Å²) in [5.41, 5.74) is 0.954. The van der Waals surface area contributed by atoms with E-state index in [9.17, 15) is 18.4 Å². The molecule has 41 heavy (non-hydrogen) atoms. The Hall–Kier alpha value is -3.76. The van der Waals surface area contributed by atoms with Gasteiger partial charge in [-0.1, -0.05) is 6.07 Å². The molecule has 11 heteroatoms. The lowest BCUT2D eigenvalue weighted by atomic mass is 9.42. The number of carbonyl (C=O) groups excluding carboxylic acids is 2. The molecule has 0 aromatic carbocycles. The van der Waals surface area contributed by atoms with Crippen LogP contribution in [-0.2, 0) is 17.8 Å². The number of imidazole rings is 1. The molecule has 3 aromatic rings. The van der Waals surface area contributed by atoms with Crippen molar-refractivity contribution >= 4 is 23.3 Å². The molecule has 3 saturated carbocycles. The quantitative estimate of drug-likeness (QED) is 0.385. The summed E-state index contributed by atoms with van der Waals surface area (Å²) in [5.74, 6) is -1.36. The minimum Gasteiger partial charge on any atom is -0.444 e. The molecule has 4 fully saturated rings. The molecule has 2 amide bonds. The van der Waals surface area contributed by atoms with Crippen molar-refractivity contribution in [2.45, 2.75) is 77.2 Å². The lowest BCUT2D eigenvalue weighted by molar-refractivity contribution is -0.220. The number of aromatic nitrogens is 3. The molecule has 0 atom stereocenters. The number of carbonyl (C=O) groups is 2. The molecule has 3 aliphatic carbocycles. The zero-order valence-corrected chi connectivity index (χ0v) is 23.8. The van der Waals surface area contributed by atoms with Gasteiger partial charge in [0.25, 0.3) is 5.91 Å². The second-order valence-corrected chi connectivity index (χ2v) is 13.0. The maximum absolute atomic E-state index is 14.4. The van der Waals surface area contributed by atoms with Gasteiger partial charge in [0.2, 0.25) is 5.95 Å². The number of anilines is 1. The molecule has 218 valence electrons. The third kappa shape index (κ3) is 5.71. The van der Waals surface area contributed by atoms with E-state index in [0.29, 0.717) is 43.7 Å². The highest BCUT2D eigenvalue weighted by Crippen LogP contribution is 2.69. The van der Waals surface area contributed by atoms with Crippen LogP contribution < -0.4 is 10.2 Å². The van der Waals surface area contributed by atoms with Gasteiger partial charge in [-0.2, -0.15) is 4.39 Å². The lowest BCUT2D eigenvalue weighted by Crippen LogP contribution is -2.68. The van der Waals surface area contributed by atoms with Crippen LogP contribution in [0.2, 0.25) is 0 Å². The van der Waals surface area contributed by atoms with Crippen molar-refractivity contribution in [1.82, 2.24) is 24.6 Å². The number of halogens is 2. The predicted octanol–water partition coefficient (Wildman–Crippen LogP) is 5.03. The second-order valence-electron chi connectivity index (χ2n) is 13.0. The first kappa shape index (κ1) is 27.4. The largest absolute Gasteiger partial charge is 0.444 e. The van der Waals surface area contributed by atoms with Gasteiger partial charge in [0.1, 0.15) is 16.9 Å². The lowest BCUT2D eigenvalue weighted by Gasteiger charge is -2.66. The third-order valence-corrected chi connectivity index (χ3v) is 8.16. The summed E-state index contributed by atoms with van der Waals surface area (Å²) in [6.07, 6.45) is 8.34. The SMILES string of the molecule is CC(C)(C)OC(=O)N(Cc1ccc2nc(CNC(=O)c3cc(N4CCCC4)cnc3F)cn2c1)CC12CC(F)(C1)C2. The fourth-order valence-electron chi connectivity index (χ4n) is 6.45. The average Bonchev–Trinajstić information content (AvgIpc) is 3.54. The van der Waals surface area contributed by atoms with E-state index in [4.69, 9.17) is 4.74 Å². The van der Waals surface area contributed by atoms with Crippen LogP contribution in [0, 0.1) is 11.4 Å². The molecule has 1 aliphatic heterocycles. The van der Waals surface area contributed by atoms with Crippen molar-refractivity contribution in [3.63, 3.8) is 0 Å². The Labute approximate surface area is 237 Å². The summed E-state index contributed by atoms with van der Waals surface area (Å²) in [4.78, 5) is 38.0. The van der Waals surface area contributed by atoms with Gasteiger partial charge >= 0.3 is 6.09 Å². The Morgan fingerprint density at radius 1 is 1.15 bits per heavy atom. The molecule has 2 bridgehead atoms. The highest BCUT2D eigenvalue weighted by Gasteiger charge is 2.69. The average molecular weight is 567 g/mol. The van der Waals surface area contributed by atoms with Crippen LogP contribution >= 0.6 is 0 Å². The molecular formula is C30H36F2N6O3. The van der Waals surface area contributed by atoms with Crippen LogP contribution in [0.4, 0.5) is 19.3 Å². The summed E-state index contributed by atoms with van der Waals surface area (Å²) in [6.45, 7) is 8.10. The smallest absolute Gasteiger partial charge is 0.410 e. The third-order valence-electron chi connectivity index (χ3n) is 8.16. The van der Waals surface area contributed by atoms with E-state index in [1.807, 2.05) is 43.5 Å². The zero-order chi connectivity index (χ0) is 29.0. The minimum atomic E-state index is -1.04. The summed E-state index contributed by atoms with van der Waals surface area (Å²) >= 11 is 0. The van der Waals surface area contributed by atoms with Crippen molar-refractivity contribution in [1.29, 1.82) is 0 Å². The van der Waals surface area contributed by atoms with E-state index in [-0.39, 0.29) is 17.5 Å². The standard InChI is InChI=1S/C30H36F2N6O3/c1-28(2,3)41-27(40)38(19-29-16-30(32,17-29)18-29)14-20-6-7-24-35-21(15-37(24)13-20)11-34-26(39)23-10-22(12-33-25(23)31)36-8-4-5-9-36/h6-7,10,12-13,15H,4-5,8-9,11,14,16-19H2,1-3H3,(H,34,39). The van der Waals surface area contributed by atoms with Gasteiger partial charge < -0.3 is 24.3 Å². The monoisotopic (exact) mass is 566 g/mol. The molecule has 4 heterocycles. The number of ether oxygens (including phenoxy) is 1. The Morgan fingerprint density at radius 3 is 2.56 bits per heavy atom. The van der Waals surface area contributed by atoms with Crippen LogP contribution in [0.25, 0.3) is 5.65 Å². The molecule has 7 rings (SSSR count). The van der Waals surface area contributed by atoms with Gasteiger partial charge in [-0.25, -0.2) is 19.2 Å². The van der Waals surface area contributed by atoms with Crippen LogP contribution in [0.3, 0.4) is 0 Å². The predicted molar refractivity (Wildman–Crippen MR) is 149 cm³/mol. The molecule has 0 spiro atoms. The zero-order valence-electron chi connectivity index (χ0n) is 23.8. The molecule has 1 saturated heterocycles. The van der Waals surface area contributed by atoms with Crippen molar-refractivity contribution in [3.05, 3.63) is 59.6 Å². The topological polar surface area (TPSA) is 92.1 Å². The van der Waals surface area contributed by atoms with Gasteiger partial charge in [-0.15, -0.1) is 0 Å². The normalized spacial score (nSPS) is 23.2. The Kier molecular flexibility index (Phi) is 6.66. The van der Waals surface area contributed by atoms with Crippen LogP contribution in [0.15, 0.2) is 36.8 Å². The van der Waals surface area contributed by atoms with E-state index >= 15 is 0 Å². The molecule has 0 radical (unpaired) electrons. The Morgan fingerprint density at radius 2 is 1.88 bits per heavy atom. The van der Waals surface area contributed by atoms with Gasteiger partial charge in [0.15, 0.2) is 0 Å². The molecule has 3 aromatic heterocycles. The number of rotatable bonds is 8. The van der Waals surface area contributed by atoms with Gasteiger partial charge in [0, 0.05) is 32.0 Å². The number of pyridine rings is 2. The maximum Gasteiger partial charge on any atom is 0.410 e. The van der Waals surface area contributed by atoms with Crippen molar-refractivity contribution in [2.75, 3.05) is 24.5 Å². The first-order chi connectivity index (χ1) is 19.4. The van der Waals surface area contributed by atoms with Gasteiger partial charge in [-0.05, 0) is 76.0 Å². The van der Waals surface area contributed by atoms with Crippen LogP contribution in [-0.4, -0.2) is 62.2 Å². The van der Waals surface area contributed by atoms with Crippen molar-refractivity contribution in [3.8, 4) is 0 Å². The highest BCUT2D eigenvalue weighted by molar-refractivity contribution is 5.95. The van der Waals surface area contributed by atoms with Crippen molar-refractivity contribution in [2.24, 2.45) is 5.41 Å². The number of alkyl halides is 1. The first-order valence-electron chi connectivity index (χ1n) is 14.2. The molecule has 9 nitrogen and oxygen atoms in total. The number of amides is 2. The molecule has 1 N–H and O–H groups in total. The molecule has 0 unspecified atom stereocenters. The number of hydrogen-bond donors (Lipinski definition) is 1. The van der Waals surface area contributed by atoms with Gasteiger partial charge in [0.05, 0.1) is 36.2 Å². The summed E-state index contributed by atoms with van der Waals surface area (Å²) in [7, 11) is 0. The van der Waals surface area contributed by atoms with E-state index < -0.39 is 29.2 Å². The van der Waals surface area contributed by atoms with Crippen LogP contribution in [0.1, 0.15) is 74.5 Å². The number of fused-ring (bicyclic) bond motifs is 1. The van der Waals surface area contributed by atoms with Crippen LogP contribution in [0.5, 0.6) is 0 Å². The van der Waals surface area contributed by atoms with Crippen molar-refractivity contribution < 1.29 is 23.1 Å². The number of nitrogens with one attached hydrogen (secondary N) is 1. The number of hydrogen-bond acceptors (Lipinski definition) is 6. The van der Waals surface area contributed by atoms with E-state index in [0.717, 1.165) is 37.2 Å². The molecular weight excluding hydrogens is 530 g/mol. The fraction of sp³-hybridized carbons (Fsp3) is 0.533. The minimum absolute atomic E-state index is 0.0925. The fourth-order valence-corrected chi connectivity index (χ4v) is 6.45. The van der Waals surface area contributed by atoms with Gasteiger partial charge in [-0.3, -0.25) is 4.79 Å². The molecule has 4 aliphatic rings. The Balaban J connectivity index is 1.13. The maximum atomic E-state index is 14.4. The summed E-state index contributed by atoms with van der Waals surface area (Å²) in [5, 5.41) is 2.75. The Bertz CT molecular complexity index is 1470. The van der Waals surface area contributed by atoms with E-state index in [1.54, 1.807) is 17.2 Å². The second kappa shape index (κ2) is 9.95. The highest BCUT2D eigenvalue weighted by atomic mass is 19.1. The first-order valence-corrected chi connectivity index (χ1v) is 14.2. The van der Waals surface area contributed by atoms with E-state index in [1.165, 1.54) is 6.20 Å². The summed E-state index contributed by atoms with van der Waals surface area (Å²) in [6, 6.07) is 5.29. The van der Waals surface area contributed by atoms with E-state index in [2.05, 4.69) is 20.2 Å². The summed E-state index contributed by atoms with van der Waals surface area (Å²) < 4.78 is 36.0.